The van der Waals surface area contributed by atoms with E-state index in [0.717, 1.165) is 0 Å². The molecule has 2 heterocycles. The Kier molecular flexibility index (Phi) is 2.46. The number of nitrogens with zero attached hydrogens (tertiary/aromatic N) is 3. The van der Waals surface area contributed by atoms with Gasteiger partial charge in [0, 0.05) is 0 Å². The topological polar surface area (TPSA) is 101 Å². The lowest BCUT2D eigenvalue weighted by molar-refractivity contribution is -0.0587. The van der Waals surface area contributed by atoms with Gasteiger partial charge in [-0.1, -0.05) is 0 Å². The van der Waals surface area contributed by atoms with Gasteiger partial charge >= 0.3 is 0 Å². The van der Waals surface area contributed by atoms with E-state index in [9.17, 15) is 10.2 Å². The number of aliphatic hydroxyl groups excluding tert-OH is 3. The summed E-state index contributed by atoms with van der Waals surface area (Å²) in [5.74, 6) is 0. The first-order valence-electron chi connectivity index (χ1n) is 4.20. The van der Waals surface area contributed by atoms with Crippen LogP contribution in [0, 0.1) is 0 Å². The molecule has 1 aliphatic rings. The van der Waals surface area contributed by atoms with Crippen LogP contribution in [-0.2, 0) is 4.74 Å². The Labute approximate surface area is 79.6 Å². The van der Waals surface area contributed by atoms with Gasteiger partial charge in [-0.3, -0.25) is 0 Å². The van der Waals surface area contributed by atoms with Gasteiger partial charge in [0.05, 0.1) is 6.61 Å². The minimum Gasteiger partial charge on any atom is -0.394 e. The van der Waals surface area contributed by atoms with E-state index >= 15 is 0 Å². The van der Waals surface area contributed by atoms with Crippen molar-refractivity contribution in [3.8, 4) is 0 Å². The van der Waals surface area contributed by atoms with E-state index in [4.69, 9.17) is 9.84 Å². The molecule has 3 N–H and O–H groups in total. The highest BCUT2D eigenvalue weighted by molar-refractivity contribution is 4.88. The van der Waals surface area contributed by atoms with Crippen LogP contribution in [0.2, 0.25) is 0 Å². The fourth-order valence-corrected chi connectivity index (χ4v) is 1.45. The van der Waals surface area contributed by atoms with Crippen LogP contribution < -0.4 is 0 Å². The van der Waals surface area contributed by atoms with Crippen LogP contribution >= 0.6 is 0 Å². The minimum atomic E-state index is -1.10. The van der Waals surface area contributed by atoms with Crippen molar-refractivity contribution in [1.82, 2.24) is 14.8 Å². The summed E-state index contributed by atoms with van der Waals surface area (Å²) in [6, 6.07) is 0. The second-order valence-electron chi connectivity index (χ2n) is 3.10. The number of aromatic nitrogens is 3. The molecule has 78 valence electrons. The summed E-state index contributed by atoms with van der Waals surface area (Å²) in [6.07, 6.45) is -1.10. The summed E-state index contributed by atoms with van der Waals surface area (Å²) >= 11 is 0. The number of ether oxygens (including phenoxy) is 1. The number of hydrogen-bond donors (Lipinski definition) is 3. The Morgan fingerprint density at radius 3 is 2.64 bits per heavy atom. The summed E-state index contributed by atoms with van der Waals surface area (Å²) in [7, 11) is 0. The largest absolute Gasteiger partial charge is 0.394 e. The second kappa shape index (κ2) is 3.62. The van der Waals surface area contributed by atoms with Gasteiger partial charge in [-0.15, -0.1) is 0 Å². The molecule has 0 bridgehead atoms. The zero-order chi connectivity index (χ0) is 10.1. The maximum absolute atomic E-state index is 9.56. The summed E-state index contributed by atoms with van der Waals surface area (Å²) < 4.78 is 6.49. The van der Waals surface area contributed by atoms with Crippen molar-refractivity contribution in [2.24, 2.45) is 0 Å². The van der Waals surface area contributed by atoms with Crippen molar-refractivity contribution in [2.45, 2.75) is 24.5 Å². The Morgan fingerprint density at radius 2 is 2.14 bits per heavy atom. The summed E-state index contributed by atoms with van der Waals surface area (Å²) in [5.41, 5.74) is 0. The molecule has 1 fully saturated rings. The van der Waals surface area contributed by atoms with E-state index in [-0.39, 0.29) is 6.61 Å². The van der Waals surface area contributed by atoms with Crippen LogP contribution in [0.15, 0.2) is 12.7 Å². The van der Waals surface area contributed by atoms with Gasteiger partial charge in [0.25, 0.3) is 0 Å². The van der Waals surface area contributed by atoms with E-state index < -0.39 is 24.5 Å². The van der Waals surface area contributed by atoms with Crippen LogP contribution in [0.4, 0.5) is 0 Å². The summed E-state index contributed by atoms with van der Waals surface area (Å²) in [5, 5.41) is 31.6. The molecule has 0 aromatic carbocycles. The summed E-state index contributed by atoms with van der Waals surface area (Å²) in [6.45, 7) is -0.344. The van der Waals surface area contributed by atoms with E-state index in [1.807, 2.05) is 0 Å². The average Bonchev–Trinajstić information content (AvgIpc) is 2.78. The molecule has 1 aromatic heterocycles. The molecule has 4 atom stereocenters. The van der Waals surface area contributed by atoms with Gasteiger partial charge in [0.2, 0.25) is 0 Å². The van der Waals surface area contributed by atoms with Gasteiger partial charge in [0.15, 0.2) is 6.23 Å². The third kappa shape index (κ3) is 1.40. The molecule has 1 aromatic rings. The van der Waals surface area contributed by atoms with Crippen LogP contribution in [0.5, 0.6) is 0 Å². The molecule has 2 rings (SSSR count). The molecule has 0 amide bonds. The smallest absolute Gasteiger partial charge is 0.180 e. The fraction of sp³-hybridized carbons (Fsp3) is 0.714. The molecule has 14 heavy (non-hydrogen) atoms. The van der Waals surface area contributed by atoms with Gasteiger partial charge in [-0.2, -0.15) is 5.10 Å². The van der Waals surface area contributed by atoms with E-state index in [2.05, 4.69) is 10.1 Å². The number of rotatable bonds is 2. The first kappa shape index (κ1) is 9.53. The Hall–Kier alpha value is -1.02. The van der Waals surface area contributed by atoms with E-state index in [1.54, 1.807) is 0 Å². The Morgan fingerprint density at radius 1 is 1.36 bits per heavy atom. The molecular formula is C7H11N3O4. The van der Waals surface area contributed by atoms with Crippen molar-refractivity contribution in [2.75, 3.05) is 6.61 Å². The predicted molar refractivity (Wildman–Crippen MR) is 43.0 cm³/mol. The molecule has 0 saturated carbocycles. The van der Waals surface area contributed by atoms with Crippen molar-refractivity contribution in [1.29, 1.82) is 0 Å². The maximum atomic E-state index is 9.56. The van der Waals surface area contributed by atoms with Gasteiger partial charge in [0.1, 0.15) is 31.0 Å². The molecule has 1 saturated heterocycles. The molecule has 7 nitrogen and oxygen atoms in total. The lowest BCUT2D eigenvalue weighted by atomic mass is 10.1. The van der Waals surface area contributed by atoms with Gasteiger partial charge in [-0.25, -0.2) is 9.67 Å². The zero-order valence-electron chi connectivity index (χ0n) is 7.26. The third-order valence-corrected chi connectivity index (χ3v) is 2.21. The predicted octanol–water partition coefficient (Wildman–Crippen LogP) is -2.11. The highest BCUT2D eigenvalue weighted by Crippen LogP contribution is 2.27. The van der Waals surface area contributed by atoms with Crippen molar-refractivity contribution in [3.63, 3.8) is 0 Å². The molecule has 0 unspecified atom stereocenters. The van der Waals surface area contributed by atoms with Crippen LogP contribution in [0.25, 0.3) is 0 Å². The number of hydrogen-bond acceptors (Lipinski definition) is 6. The Balaban J connectivity index is 2.16. The number of aliphatic hydroxyl groups is 3. The minimum absolute atomic E-state index is 0.344. The highest BCUT2D eigenvalue weighted by atomic mass is 16.6. The maximum Gasteiger partial charge on any atom is 0.180 e. The molecule has 7 heteroatoms. The summed E-state index contributed by atoms with van der Waals surface area (Å²) in [4.78, 5) is 3.69. The average molecular weight is 201 g/mol. The molecule has 0 aliphatic carbocycles. The van der Waals surface area contributed by atoms with Gasteiger partial charge in [-0.05, 0) is 0 Å². The van der Waals surface area contributed by atoms with E-state index in [1.165, 1.54) is 17.3 Å². The fourth-order valence-electron chi connectivity index (χ4n) is 1.45. The molecule has 0 spiro atoms. The van der Waals surface area contributed by atoms with Crippen LogP contribution in [-0.4, -0.2) is 55.0 Å². The first-order chi connectivity index (χ1) is 6.74. The highest BCUT2D eigenvalue weighted by Gasteiger charge is 2.43. The lowest BCUT2D eigenvalue weighted by Gasteiger charge is -2.13. The van der Waals surface area contributed by atoms with Crippen molar-refractivity contribution in [3.05, 3.63) is 12.7 Å². The standard InChI is InChI=1S/C7H11N3O4/c11-1-4-5(12)6(13)7(14-4)10-3-8-2-9-10/h2-7,11-13H,1H2/t4-,5-,6-,7-/m1/s1. The van der Waals surface area contributed by atoms with Crippen molar-refractivity contribution >= 4 is 0 Å². The molecule has 0 radical (unpaired) electrons. The normalized spacial score (nSPS) is 37.6. The van der Waals surface area contributed by atoms with Crippen LogP contribution in [0.3, 0.4) is 0 Å². The quantitative estimate of drug-likeness (QED) is 0.506. The monoisotopic (exact) mass is 201 g/mol. The Bertz CT molecular complexity index is 291. The second-order valence-corrected chi connectivity index (χ2v) is 3.10. The first-order valence-corrected chi connectivity index (χ1v) is 4.20. The molecule has 1 aliphatic heterocycles. The van der Waals surface area contributed by atoms with Crippen molar-refractivity contribution < 1.29 is 20.1 Å². The zero-order valence-corrected chi connectivity index (χ0v) is 7.26. The SMILES string of the molecule is OC[C@H]1O[C@@H](n2cncn2)[C@H](O)[C@@H]1O. The van der Waals surface area contributed by atoms with Gasteiger partial charge < -0.3 is 20.1 Å². The van der Waals surface area contributed by atoms with E-state index in [0.29, 0.717) is 0 Å². The van der Waals surface area contributed by atoms with Crippen LogP contribution in [0.1, 0.15) is 6.23 Å². The lowest BCUT2D eigenvalue weighted by Crippen LogP contribution is -2.33. The molecular weight excluding hydrogens is 190 g/mol. The third-order valence-electron chi connectivity index (χ3n) is 2.21.